The second kappa shape index (κ2) is 8.82. The maximum absolute atomic E-state index is 11.2. The van der Waals surface area contributed by atoms with Crippen molar-refractivity contribution in [3.8, 4) is 0 Å². The zero-order chi connectivity index (χ0) is 15.7. The number of ether oxygens (including phenoxy) is 1. The first-order chi connectivity index (χ1) is 9.92. The van der Waals surface area contributed by atoms with Gasteiger partial charge in [-0.25, -0.2) is 4.98 Å². The van der Waals surface area contributed by atoms with Crippen LogP contribution in [0.3, 0.4) is 0 Å². The maximum atomic E-state index is 11.2. The van der Waals surface area contributed by atoms with E-state index in [2.05, 4.69) is 35.6 Å². The molecule has 0 unspecified atom stereocenters. The first kappa shape index (κ1) is 17.7. The summed E-state index contributed by atoms with van der Waals surface area (Å²) < 4.78 is 7.10. The van der Waals surface area contributed by atoms with Crippen molar-refractivity contribution in [1.29, 1.82) is 0 Å². The fourth-order valence-electron chi connectivity index (χ4n) is 2.02. The zero-order valence-corrected chi connectivity index (χ0v) is 13.8. The summed E-state index contributed by atoms with van der Waals surface area (Å²) in [5.74, 6) is 0.977. The fraction of sp³-hybridized carbons (Fsp3) is 0.750. The van der Waals surface area contributed by atoms with Crippen LogP contribution in [0, 0.1) is 0 Å². The molecule has 0 atom stereocenters. The Morgan fingerprint density at radius 2 is 2.10 bits per heavy atom. The number of esters is 1. The lowest BCUT2D eigenvalue weighted by Crippen LogP contribution is -2.35. The highest BCUT2D eigenvalue weighted by Gasteiger charge is 2.10. The van der Waals surface area contributed by atoms with Crippen LogP contribution in [0.5, 0.6) is 0 Å². The smallest absolute Gasteiger partial charge is 0.305 e. The highest BCUT2D eigenvalue weighted by atomic mass is 16.5. The maximum Gasteiger partial charge on any atom is 0.305 e. The Morgan fingerprint density at radius 1 is 1.33 bits per heavy atom. The molecule has 1 rings (SSSR count). The lowest BCUT2D eigenvalue weighted by Gasteiger charge is -2.20. The van der Waals surface area contributed by atoms with Crippen molar-refractivity contribution in [2.24, 2.45) is 0 Å². The number of aromatic nitrogens is 2. The molecule has 5 nitrogen and oxygen atoms in total. The number of hydrogen-bond donors (Lipinski definition) is 1. The normalized spacial score (nSPS) is 11.6. The van der Waals surface area contributed by atoms with Gasteiger partial charge < -0.3 is 14.6 Å². The van der Waals surface area contributed by atoms with Crippen molar-refractivity contribution >= 4 is 5.97 Å². The first-order valence-electron chi connectivity index (χ1n) is 7.83. The van der Waals surface area contributed by atoms with Crippen LogP contribution in [0.25, 0.3) is 0 Å². The third kappa shape index (κ3) is 7.85. The van der Waals surface area contributed by atoms with Gasteiger partial charge in [-0.3, -0.25) is 4.79 Å². The number of hydrogen-bond acceptors (Lipinski definition) is 4. The molecule has 0 aliphatic rings. The van der Waals surface area contributed by atoms with Crippen LogP contribution < -0.4 is 5.32 Å². The third-order valence-electron chi connectivity index (χ3n) is 3.16. The van der Waals surface area contributed by atoms with E-state index in [0.717, 1.165) is 38.2 Å². The number of rotatable bonds is 9. The molecular formula is C16H29N3O2. The Bertz CT molecular complexity index is 421. The molecule has 0 spiro atoms. The monoisotopic (exact) mass is 295 g/mol. The molecular weight excluding hydrogens is 266 g/mol. The minimum absolute atomic E-state index is 0.0878. The Labute approximate surface area is 128 Å². The van der Waals surface area contributed by atoms with Gasteiger partial charge in [-0.2, -0.15) is 0 Å². The molecule has 120 valence electrons. The summed E-state index contributed by atoms with van der Waals surface area (Å²) in [6, 6.07) is 0. The number of nitrogens with zero attached hydrogens (tertiary/aromatic N) is 2. The summed E-state index contributed by atoms with van der Waals surface area (Å²) in [4.78, 5) is 15.6. The average Bonchev–Trinajstić information content (AvgIpc) is 2.83. The van der Waals surface area contributed by atoms with Gasteiger partial charge in [0.25, 0.3) is 0 Å². The number of carbonyl (C=O) groups is 1. The summed E-state index contributed by atoms with van der Waals surface area (Å²) in [7, 11) is 0. The lowest BCUT2D eigenvalue weighted by molar-refractivity contribution is -0.143. The lowest BCUT2D eigenvalue weighted by atomic mass is 10.1. The van der Waals surface area contributed by atoms with Crippen LogP contribution in [0.15, 0.2) is 12.4 Å². The second-order valence-electron chi connectivity index (χ2n) is 6.26. The van der Waals surface area contributed by atoms with Gasteiger partial charge in [-0.15, -0.1) is 0 Å². The second-order valence-corrected chi connectivity index (χ2v) is 6.26. The standard InChI is InChI=1S/C16H29N3O2/c1-5-21-15(20)9-7-6-8-11-19-12-10-17-14(19)13-18-16(2,3)4/h10,12,18H,5-9,11,13H2,1-4H3. The van der Waals surface area contributed by atoms with Gasteiger partial charge in [0, 0.05) is 30.9 Å². The molecule has 21 heavy (non-hydrogen) atoms. The van der Waals surface area contributed by atoms with Crippen LogP contribution >= 0.6 is 0 Å². The van der Waals surface area contributed by atoms with Crippen molar-refractivity contribution < 1.29 is 9.53 Å². The fourth-order valence-corrected chi connectivity index (χ4v) is 2.02. The SMILES string of the molecule is CCOC(=O)CCCCCn1ccnc1CNC(C)(C)C. The van der Waals surface area contributed by atoms with Gasteiger partial charge in [0.15, 0.2) is 0 Å². The van der Waals surface area contributed by atoms with E-state index >= 15 is 0 Å². The van der Waals surface area contributed by atoms with E-state index < -0.39 is 0 Å². The van der Waals surface area contributed by atoms with Gasteiger partial charge in [-0.1, -0.05) is 6.42 Å². The van der Waals surface area contributed by atoms with E-state index in [0.29, 0.717) is 13.0 Å². The zero-order valence-electron chi connectivity index (χ0n) is 13.8. The Balaban J connectivity index is 2.24. The summed E-state index contributed by atoms with van der Waals surface area (Å²) in [6.07, 6.45) is 7.37. The summed E-state index contributed by atoms with van der Waals surface area (Å²) >= 11 is 0. The molecule has 0 radical (unpaired) electrons. The Kier molecular flexibility index (Phi) is 7.43. The molecule has 0 aromatic carbocycles. The molecule has 0 saturated carbocycles. The van der Waals surface area contributed by atoms with Crippen molar-refractivity contribution in [3.63, 3.8) is 0 Å². The molecule has 0 saturated heterocycles. The number of nitrogens with one attached hydrogen (secondary N) is 1. The van der Waals surface area contributed by atoms with Gasteiger partial charge in [-0.05, 0) is 40.5 Å². The van der Waals surface area contributed by atoms with E-state index in [1.54, 1.807) is 0 Å². The van der Waals surface area contributed by atoms with Crippen LogP contribution in [0.2, 0.25) is 0 Å². The van der Waals surface area contributed by atoms with Gasteiger partial charge >= 0.3 is 5.97 Å². The molecule has 0 fully saturated rings. The largest absolute Gasteiger partial charge is 0.466 e. The highest BCUT2D eigenvalue weighted by molar-refractivity contribution is 5.69. The van der Waals surface area contributed by atoms with E-state index in [9.17, 15) is 4.79 Å². The predicted octanol–water partition coefficient (Wildman–Crippen LogP) is 2.89. The number of unbranched alkanes of at least 4 members (excludes halogenated alkanes) is 2. The minimum Gasteiger partial charge on any atom is -0.466 e. The molecule has 1 heterocycles. The molecule has 5 heteroatoms. The van der Waals surface area contributed by atoms with E-state index in [1.165, 1.54) is 0 Å². The van der Waals surface area contributed by atoms with E-state index in [4.69, 9.17) is 4.74 Å². The van der Waals surface area contributed by atoms with Crippen molar-refractivity contribution in [1.82, 2.24) is 14.9 Å². The molecule has 0 amide bonds. The van der Waals surface area contributed by atoms with Crippen molar-refractivity contribution in [3.05, 3.63) is 18.2 Å². The first-order valence-corrected chi connectivity index (χ1v) is 7.83. The molecule has 0 bridgehead atoms. The third-order valence-corrected chi connectivity index (χ3v) is 3.16. The van der Waals surface area contributed by atoms with Crippen LogP contribution in [0.1, 0.15) is 59.2 Å². The van der Waals surface area contributed by atoms with E-state index in [1.807, 2.05) is 19.3 Å². The molecule has 1 aromatic heterocycles. The summed E-state index contributed by atoms with van der Waals surface area (Å²) in [5.41, 5.74) is 0.0937. The topological polar surface area (TPSA) is 56.2 Å². The van der Waals surface area contributed by atoms with E-state index in [-0.39, 0.29) is 11.5 Å². The van der Waals surface area contributed by atoms with Crippen LogP contribution in [-0.4, -0.2) is 27.7 Å². The van der Waals surface area contributed by atoms with Crippen LogP contribution in [-0.2, 0) is 22.6 Å². The predicted molar refractivity (Wildman–Crippen MR) is 83.9 cm³/mol. The average molecular weight is 295 g/mol. The van der Waals surface area contributed by atoms with Gasteiger partial charge in [0.2, 0.25) is 0 Å². The molecule has 0 aliphatic carbocycles. The quantitative estimate of drug-likeness (QED) is 0.562. The minimum atomic E-state index is -0.0878. The number of aryl methyl sites for hydroxylation is 1. The van der Waals surface area contributed by atoms with Gasteiger partial charge in [0.1, 0.15) is 5.82 Å². The summed E-state index contributed by atoms with van der Waals surface area (Å²) in [5, 5.41) is 3.45. The molecule has 1 N–H and O–H groups in total. The number of carbonyl (C=O) groups excluding carboxylic acids is 1. The van der Waals surface area contributed by atoms with Gasteiger partial charge in [0.05, 0.1) is 13.2 Å². The Hall–Kier alpha value is -1.36. The highest BCUT2D eigenvalue weighted by Crippen LogP contribution is 2.07. The summed E-state index contributed by atoms with van der Waals surface area (Å²) in [6.45, 7) is 10.5. The van der Waals surface area contributed by atoms with Crippen molar-refractivity contribution in [2.45, 2.75) is 72.0 Å². The molecule has 1 aromatic rings. The Morgan fingerprint density at radius 3 is 2.76 bits per heavy atom. The molecule has 0 aliphatic heterocycles. The number of imidazole rings is 1. The van der Waals surface area contributed by atoms with Crippen molar-refractivity contribution in [2.75, 3.05) is 6.61 Å². The van der Waals surface area contributed by atoms with Crippen LogP contribution in [0.4, 0.5) is 0 Å².